The topological polar surface area (TPSA) is 101 Å². The van der Waals surface area contributed by atoms with Gasteiger partial charge >= 0.3 is 6.36 Å². The Hall–Kier alpha value is -2.47. The van der Waals surface area contributed by atoms with Gasteiger partial charge in [-0.25, -0.2) is 4.39 Å². The lowest BCUT2D eigenvalue weighted by Gasteiger charge is -2.39. The summed E-state index contributed by atoms with van der Waals surface area (Å²) in [5.74, 6) is -0.0189. The van der Waals surface area contributed by atoms with Crippen LogP contribution in [-0.4, -0.2) is 64.9 Å². The highest BCUT2D eigenvalue weighted by atomic mass is 19.4. The fraction of sp³-hybridized carbons (Fsp3) is 0.450. The number of hydrogen-bond acceptors (Lipinski definition) is 7. The Balaban J connectivity index is 1.95. The molecule has 5 unspecified atom stereocenters. The molecule has 0 amide bonds. The zero-order valence-corrected chi connectivity index (χ0v) is 16.3. The van der Waals surface area contributed by atoms with E-state index in [9.17, 15) is 32.9 Å². The summed E-state index contributed by atoms with van der Waals surface area (Å²) in [7, 11) is 1.45. The third-order valence-corrected chi connectivity index (χ3v) is 4.89. The lowest BCUT2D eigenvalue weighted by Crippen LogP contribution is -2.53. The van der Waals surface area contributed by atoms with E-state index >= 15 is 0 Å². The molecule has 5 atom stereocenters. The van der Waals surface area contributed by atoms with E-state index in [1.54, 1.807) is 12.1 Å². The number of ether oxygens (including phenoxy) is 3. The molecule has 1 aliphatic rings. The Bertz CT molecular complexity index is 877. The average molecular weight is 447 g/mol. The van der Waals surface area contributed by atoms with Crippen molar-refractivity contribution in [2.24, 2.45) is 0 Å². The third kappa shape index (κ3) is 5.42. The Labute approximate surface area is 174 Å². The molecule has 0 saturated carbocycles. The van der Waals surface area contributed by atoms with E-state index in [2.05, 4.69) is 9.72 Å². The van der Waals surface area contributed by atoms with Crippen LogP contribution in [-0.2, 0) is 11.2 Å². The number of pyridine rings is 1. The summed E-state index contributed by atoms with van der Waals surface area (Å²) < 4.78 is 67.0. The van der Waals surface area contributed by atoms with Crippen LogP contribution in [0, 0.1) is 0 Å². The van der Waals surface area contributed by atoms with Crippen LogP contribution in [0.2, 0.25) is 0 Å². The van der Waals surface area contributed by atoms with Crippen molar-refractivity contribution >= 4 is 0 Å². The molecule has 3 rings (SSSR count). The van der Waals surface area contributed by atoms with Crippen LogP contribution in [0.25, 0.3) is 0 Å². The van der Waals surface area contributed by atoms with Crippen LogP contribution in [0.15, 0.2) is 36.5 Å². The summed E-state index contributed by atoms with van der Waals surface area (Å²) in [6.45, 7) is -0.751. The standard InChI is InChI=1S/C20H21F4NO6/c1-29-13-4-3-12(25-8-13)7-11-6-10(2-5-14(11)31-20(22,23)24)19-18(28)17(27)16(21)15(9-26)30-19/h2-6,8,15-19,26-28H,7,9H2,1H3. The Kier molecular flexibility index (Phi) is 6.99. The fourth-order valence-electron chi connectivity index (χ4n) is 3.32. The number of halogens is 4. The molecule has 0 spiro atoms. The van der Waals surface area contributed by atoms with E-state index in [1.165, 1.54) is 25.4 Å². The average Bonchev–Trinajstić information content (AvgIpc) is 2.73. The molecule has 1 saturated heterocycles. The van der Waals surface area contributed by atoms with E-state index < -0.39 is 49.3 Å². The van der Waals surface area contributed by atoms with Gasteiger partial charge in [-0.2, -0.15) is 0 Å². The van der Waals surface area contributed by atoms with Crippen LogP contribution in [0.5, 0.6) is 11.5 Å². The minimum atomic E-state index is -4.94. The predicted molar refractivity (Wildman–Crippen MR) is 98.3 cm³/mol. The zero-order chi connectivity index (χ0) is 22.8. The second-order valence-corrected chi connectivity index (χ2v) is 6.98. The van der Waals surface area contributed by atoms with Gasteiger partial charge in [0.25, 0.3) is 0 Å². The number of rotatable bonds is 6. The van der Waals surface area contributed by atoms with E-state index in [1.807, 2.05) is 0 Å². The number of alkyl halides is 4. The molecule has 170 valence electrons. The van der Waals surface area contributed by atoms with Crippen molar-refractivity contribution in [2.75, 3.05) is 13.7 Å². The summed E-state index contributed by atoms with van der Waals surface area (Å²) in [6, 6.07) is 6.70. The highest BCUT2D eigenvalue weighted by Gasteiger charge is 2.45. The molecule has 2 aromatic rings. The summed E-state index contributed by atoms with van der Waals surface area (Å²) in [5.41, 5.74) is 0.655. The smallest absolute Gasteiger partial charge is 0.495 e. The summed E-state index contributed by atoms with van der Waals surface area (Å²) in [6.07, 6.45) is -11.8. The van der Waals surface area contributed by atoms with Crippen LogP contribution in [0.1, 0.15) is 22.9 Å². The normalized spacial score (nSPS) is 26.5. The maximum atomic E-state index is 14.0. The van der Waals surface area contributed by atoms with Gasteiger partial charge < -0.3 is 29.5 Å². The molecule has 1 aromatic carbocycles. The van der Waals surface area contributed by atoms with Gasteiger partial charge in [0.05, 0.1) is 19.9 Å². The minimum Gasteiger partial charge on any atom is -0.495 e. The molecule has 7 nitrogen and oxygen atoms in total. The molecule has 11 heteroatoms. The molecule has 1 aromatic heterocycles. The number of aliphatic hydroxyl groups is 3. The first-order chi connectivity index (χ1) is 14.6. The van der Waals surface area contributed by atoms with E-state index in [4.69, 9.17) is 9.47 Å². The van der Waals surface area contributed by atoms with Crippen molar-refractivity contribution in [3.63, 3.8) is 0 Å². The van der Waals surface area contributed by atoms with Gasteiger partial charge in [-0.15, -0.1) is 13.2 Å². The van der Waals surface area contributed by atoms with Crippen LogP contribution in [0.4, 0.5) is 17.6 Å². The molecule has 0 bridgehead atoms. The van der Waals surface area contributed by atoms with Gasteiger partial charge in [-0.3, -0.25) is 4.98 Å². The fourth-order valence-corrected chi connectivity index (χ4v) is 3.32. The van der Waals surface area contributed by atoms with E-state index in [0.717, 1.165) is 6.07 Å². The van der Waals surface area contributed by atoms with Gasteiger partial charge in [0, 0.05) is 17.7 Å². The van der Waals surface area contributed by atoms with Gasteiger partial charge in [-0.1, -0.05) is 6.07 Å². The highest BCUT2D eigenvalue weighted by Crippen LogP contribution is 2.37. The number of nitrogens with zero attached hydrogens (tertiary/aromatic N) is 1. The lowest BCUT2D eigenvalue weighted by atomic mass is 9.90. The van der Waals surface area contributed by atoms with E-state index in [0.29, 0.717) is 11.4 Å². The number of aromatic nitrogens is 1. The third-order valence-electron chi connectivity index (χ3n) is 4.89. The molecule has 1 fully saturated rings. The quantitative estimate of drug-likeness (QED) is 0.583. The summed E-state index contributed by atoms with van der Waals surface area (Å²) >= 11 is 0. The van der Waals surface area contributed by atoms with Gasteiger partial charge in [0.2, 0.25) is 0 Å². The lowest BCUT2D eigenvalue weighted by molar-refractivity contribution is -0.274. The second-order valence-electron chi connectivity index (χ2n) is 6.98. The second kappa shape index (κ2) is 9.35. The summed E-state index contributed by atoms with van der Waals surface area (Å²) in [5, 5.41) is 29.4. The van der Waals surface area contributed by atoms with Gasteiger partial charge in [0.15, 0.2) is 6.17 Å². The van der Waals surface area contributed by atoms with Crippen molar-refractivity contribution in [1.29, 1.82) is 0 Å². The number of benzene rings is 1. The molecule has 2 heterocycles. The predicted octanol–water partition coefficient (Wildman–Crippen LogP) is 2.07. The maximum Gasteiger partial charge on any atom is 0.573 e. The number of methoxy groups -OCH3 is 1. The Morgan fingerprint density at radius 3 is 2.45 bits per heavy atom. The summed E-state index contributed by atoms with van der Waals surface area (Å²) in [4.78, 5) is 4.12. The van der Waals surface area contributed by atoms with Crippen molar-refractivity contribution in [2.45, 2.75) is 43.4 Å². The van der Waals surface area contributed by atoms with Crippen LogP contribution >= 0.6 is 0 Å². The Morgan fingerprint density at radius 2 is 1.87 bits per heavy atom. The highest BCUT2D eigenvalue weighted by molar-refractivity contribution is 5.41. The monoisotopic (exact) mass is 447 g/mol. The van der Waals surface area contributed by atoms with Crippen molar-refractivity contribution in [3.05, 3.63) is 53.3 Å². The molecular formula is C20H21F4NO6. The first-order valence-electron chi connectivity index (χ1n) is 9.27. The molecule has 1 aliphatic heterocycles. The van der Waals surface area contributed by atoms with Crippen molar-refractivity contribution in [3.8, 4) is 11.5 Å². The zero-order valence-electron chi connectivity index (χ0n) is 16.3. The molecule has 31 heavy (non-hydrogen) atoms. The number of hydrogen-bond donors (Lipinski definition) is 3. The van der Waals surface area contributed by atoms with Crippen LogP contribution in [0.3, 0.4) is 0 Å². The number of aliphatic hydroxyl groups excluding tert-OH is 3. The maximum absolute atomic E-state index is 14.0. The van der Waals surface area contributed by atoms with Crippen LogP contribution < -0.4 is 9.47 Å². The van der Waals surface area contributed by atoms with Crippen molar-refractivity contribution in [1.82, 2.24) is 4.98 Å². The molecule has 0 radical (unpaired) electrons. The first-order valence-corrected chi connectivity index (χ1v) is 9.27. The first kappa shape index (κ1) is 23.2. The van der Waals surface area contributed by atoms with Gasteiger partial charge in [0.1, 0.15) is 35.9 Å². The van der Waals surface area contributed by atoms with Gasteiger partial charge in [-0.05, 0) is 29.8 Å². The molecular weight excluding hydrogens is 426 g/mol. The molecule has 0 aliphatic carbocycles. The largest absolute Gasteiger partial charge is 0.573 e. The Morgan fingerprint density at radius 1 is 1.13 bits per heavy atom. The molecule has 3 N–H and O–H groups in total. The minimum absolute atomic E-state index is 0.0657. The van der Waals surface area contributed by atoms with Crippen molar-refractivity contribution < 1.29 is 47.1 Å². The SMILES string of the molecule is COc1ccc(Cc2cc(C3OC(CO)C(F)C(O)C3O)ccc2OC(F)(F)F)nc1. The van der Waals surface area contributed by atoms with E-state index in [-0.39, 0.29) is 17.5 Å².